The Bertz CT molecular complexity index is 1320. The van der Waals surface area contributed by atoms with Gasteiger partial charge in [-0.1, -0.05) is 17.7 Å². The van der Waals surface area contributed by atoms with Crippen LogP contribution in [0.25, 0.3) is 0 Å². The molecule has 1 amide bonds. The van der Waals surface area contributed by atoms with E-state index in [1.165, 1.54) is 12.3 Å². The van der Waals surface area contributed by atoms with Gasteiger partial charge in [-0.25, -0.2) is 22.2 Å². The van der Waals surface area contributed by atoms with E-state index in [0.29, 0.717) is 30.6 Å². The number of alkyl halides is 2. The number of sulfone groups is 1. The molecule has 0 aliphatic carbocycles. The molecule has 0 aromatic carbocycles. The largest absolute Gasteiger partial charge is 0.482 e. The number of ether oxygens (including phenoxy) is 2. The van der Waals surface area contributed by atoms with E-state index in [-0.39, 0.29) is 28.3 Å². The van der Waals surface area contributed by atoms with Gasteiger partial charge in [0.2, 0.25) is 5.91 Å². The lowest BCUT2D eigenvalue weighted by atomic mass is 9.86. The highest BCUT2D eigenvalue weighted by molar-refractivity contribution is 7.92. The molecule has 3 aliphatic rings. The minimum absolute atomic E-state index is 0.0159. The zero-order valence-corrected chi connectivity index (χ0v) is 22.2. The van der Waals surface area contributed by atoms with Gasteiger partial charge in [0.25, 0.3) is 12.3 Å². The van der Waals surface area contributed by atoms with E-state index >= 15 is 0 Å². The van der Waals surface area contributed by atoms with Crippen LogP contribution in [0.2, 0.25) is 5.02 Å². The fourth-order valence-electron chi connectivity index (χ4n) is 4.53. The number of rotatable bonds is 7. The monoisotopic (exact) mass is 555 g/mol. The lowest BCUT2D eigenvalue weighted by molar-refractivity contribution is -0.119. The molecule has 0 bridgehead atoms. The Morgan fingerprint density at radius 2 is 2.03 bits per heavy atom. The highest BCUT2D eigenvalue weighted by Crippen LogP contribution is 2.37. The fraction of sp³-hybridized carbons (Fsp3) is 0.440. The quantitative estimate of drug-likeness (QED) is 0.529. The number of hydrogen-bond acceptors (Lipinski definition) is 7. The first kappa shape index (κ1) is 27.1. The summed E-state index contributed by atoms with van der Waals surface area (Å²) >= 11 is 5.92. The minimum Gasteiger partial charge on any atom is -0.482 e. The number of carbonyl (C=O) groups excluding carboxylic acids is 1. The standard InChI is InChI=1S/C25H28ClF2N3O5S/c1-24(2)15-25(3,8-9-37(24,33)34)30-22(32)16-4-5-18-6-7-19(13-31(18)12-16)36-23-20(35-14-21(27)28)10-17(26)11-29-23/h5-7,10-13,21H,4,8-9,14-15H2,1-3H3,(H,30,32). The molecule has 200 valence electrons. The molecule has 1 aromatic rings. The van der Waals surface area contributed by atoms with Gasteiger partial charge in [-0.3, -0.25) is 4.79 Å². The van der Waals surface area contributed by atoms with Gasteiger partial charge in [0.15, 0.2) is 15.6 Å². The van der Waals surface area contributed by atoms with Crippen LogP contribution in [0.3, 0.4) is 0 Å². The average Bonchev–Trinajstić information content (AvgIpc) is 2.81. The molecular formula is C25H28ClF2N3O5S. The van der Waals surface area contributed by atoms with Crippen molar-refractivity contribution in [1.29, 1.82) is 0 Å². The van der Waals surface area contributed by atoms with Gasteiger partial charge in [0.1, 0.15) is 12.4 Å². The Hall–Kier alpha value is -2.92. The zero-order valence-electron chi connectivity index (χ0n) is 20.6. The molecule has 1 saturated heterocycles. The summed E-state index contributed by atoms with van der Waals surface area (Å²) in [5.41, 5.74) is 0.656. The lowest BCUT2D eigenvalue weighted by Gasteiger charge is -2.43. The first-order valence-corrected chi connectivity index (χ1v) is 13.7. The molecule has 12 heteroatoms. The molecule has 8 nitrogen and oxygen atoms in total. The Balaban J connectivity index is 1.48. The molecular weight excluding hydrogens is 528 g/mol. The van der Waals surface area contributed by atoms with Gasteiger partial charge < -0.3 is 19.7 Å². The van der Waals surface area contributed by atoms with Crippen molar-refractivity contribution in [2.24, 2.45) is 0 Å². The highest BCUT2D eigenvalue weighted by Gasteiger charge is 2.47. The number of carbonyl (C=O) groups is 1. The normalized spacial score (nSPS) is 24.0. The predicted molar refractivity (Wildman–Crippen MR) is 135 cm³/mol. The first-order chi connectivity index (χ1) is 17.3. The molecule has 1 atom stereocenters. The molecule has 4 heterocycles. The third kappa shape index (κ3) is 6.15. The van der Waals surface area contributed by atoms with E-state index in [0.717, 1.165) is 5.70 Å². The second kappa shape index (κ2) is 10.1. The first-order valence-electron chi connectivity index (χ1n) is 11.7. The molecule has 3 aliphatic heterocycles. The lowest BCUT2D eigenvalue weighted by Crippen LogP contribution is -2.57. The van der Waals surface area contributed by atoms with Crippen LogP contribution >= 0.6 is 11.6 Å². The number of allylic oxidation sites excluding steroid dienone is 3. The van der Waals surface area contributed by atoms with Gasteiger partial charge in [-0.2, -0.15) is 0 Å². The number of pyridine rings is 1. The number of aromatic nitrogens is 1. The molecule has 1 fully saturated rings. The van der Waals surface area contributed by atoms with Crippen molar-refractivity contribution in [3.8, 4) is 11.6 Å². The minimum atomic E-state index is -3.23. The van der Waals surface area contributed by atoms with Crippen LogP contribution in [-0.4, -0.2) is 53.3 Å². The van der Waals surface area contributed by atoms with Crippen molar-refractivity contribution < 1.29 is 31.5 Å². The summed E-state index contributed by atoms with van der Waals surface area (Å²) in [6.45, 7) is 4.41. The maximum Gasteiger partial charge on any atom is 0.272 e. The molecule has 37 heavy (non-hydrogen) atoms. The predicted octanol–water partition coefficient (Wildman–Crippen LogP) is 4.50. The third-order valence-electron chi connectivity index (χ3n) is 6.46. The van der Waals surface area contributed by atoms with E-state index in [9.17, 15) is 22.0 Å². The summed E-state index contributed by atoms with van der Waals surface area (Å²) in [4.78, 5) is 18.9. The number of amides is 1. The van der Waals surface area contributed by atoms with E-state index < -0.39 is 33.2 Å². The molecule has 1 aromatic heterocycles. The van der Waals surface area contributed by atoms with Crippen LogP contribution in [0.5, 0.6) is 11.6 Å². The number of nitrogens with zero attached hydrogens (tertiary/aromatic N) is 2. The molecule has 0 saturated carbocycles. The summed E-state index contributed by atoms with van der Waals surface area (Å²) in [6, 6.07) is 1.34. The van der Waals surface area contributed by atoms with Crippen LogP contribution in [0, 0.1) is 0 Å². The van der Waals surface area contributed by atoms with Crippen LogP contribution in [0.1, 0.15) is 40.0 Å². The van der Waals surface area contributed by atoms with Crippen molar-refractivity contribution in [2.45, 2.75) is 56.7 Å². The second-order valence-electron chi connectivity index (χ2n) is 10.0. The van der Waals surface area contributed by atoms with Crippen LogP contribution in [0.15, 0.2) is 59.9 Å². The summed E-state index contributed by atoms with van der Waals surface area (Å²) in [5, 5.41) is 3.25. The summed E-state index contributed by atoms with van der Waals surface area (Å²) in [6.07, 6.45) is 8.34. The fourth-order valence-corrected chi connectivity index (χ4v) is 6.49. The molecule has 0 radical (unpaired) electrons. The average molecular weight is 556 g/mol. The number of fused-ring (bicyclic) bond motifs is 1. The number of hydrogen-bond donors (Lipinski definition) is 1. The van der Waals surface area contributed by atoms with Gasteiger partial charge in [-0.15, -0.1) is 0 Å². The third-order valence-corrected chi connectivity index (χ3v) is 9.24. The van der Waals surface area contributed by atoms with Crippen molar-refractivity contribution in [3.05, 3.63) is 64.9 Å². The summed E-state index contributed by atoms with van der Waals surface area (Å²) < 4.78 is 59.9. The molecule has 1 N–H and O–H groups in total. The van der Waals surface area contributed by atoms with Crippen molar-refractivity contribution in [1.82, 2.24) is 15.2 Å². The van der Waals surface area contributed by atoms with Crippen LogP contribution in [0.4, 0.5) is 8.78 Å². The zero-order chi connectivity index (χ0) is 27.0. The maximum atomic E-state index is 13.1. The Labute approximate surface area is 219 Å². The molecule has 1 unspecified atom stereocenters. The SMILES string of the molecule is CC1(NC(=O)C2=CN3C=C(Oc4ncc(Cl)cc4OCC(F)F)C=CC3=CC2)CCS(=O)(=O)C(C)(C)C1. The van der Waals surface area contributed by atoms with E-state index in [1.807, 2.05) is 13.0 Å². The maximum absolute atomic E-state index is 13.1. The topological polar surface area (TPSA) is 97.8 Å². The Morgan fingerprint density at radius 3 is 2.73 bits per heavy atom. The van der Waals surface area contributed by atoms with E-state index in [2.05, 4.69) is 10.3 Å². The van der Waals surface area contributed by atoms with Crippen LogP contribution in [-0.2, 0) is 14.6 Å². The summed E-state index contributed by atoms with van der Waals surface area (Å²) in [5.74, 6) is 0.0129. The number of nitrogens with one attached hydrogen (secondary N) is 1. The van der Waals surface area contributed by atoms with Gasteiger partial charge in [-0.05, 0) is 52.2 Å². The Morgan fingerprint density at radius 1 is 1.27 bits per heavy atom. The van der Waals surface area contributed by atoms with Crippen LogP contribution < -0.4 is 14.8 Å². The second-order valence-corrected chi connectivity index (χ2v) is 13.2. The van der Waals surface area contributed by atoms with Gasteiger partial charge in [0, 0.05) is 35.3 Å². The van der Waals surface area contributed by atoms with Gasteiger partial charge in [0.05, 0.1) is 21.7 Å². The van der Waals surface area contributed by atoms with Crippen molar-refractivity contribution >= 4 is 27.3 Å². The van der Waals surface area contributed by atoms with Gasteiger partial charge >= 0.3 is 0 Å². The summed E-state index contributed by atoms with van der Waals surface area (Å²) in [7, 11) is -3.23. The smallest absolute Gasteiger partial charge is 0.272 e. The molecule has 4 rings (SSSR count). The van der Waals surface area contributed by atoms with Crippen molar-refractivity contribution in [3.63, 3.8) is 0 Å². The van der Waals surface area contributed by atoms with E-state index in [4.69, 9.17) is 21.1 Å². The number of halogens is 3. The van der Waals surface area contributed by atoms with Crippen molar-refractivity contribution in [2.75, 3.05) is 12.4 Å². The molecule has 0 spiro atoms. The highest BCUT2D eigenvalue weighted by atomic mass is 35.5. The Kier molecular flexibility index (Phi) is 7.40. The van der Waals surface area contributed by atoms with E-state index in [1.54, 1.807) is 43.3 Å².